The molecule has 8 heteroatoms. The summed E-state index contributed by atoms with van der Waals surface area (Å²) in [6, 6.07) is 13.6. The first-order valence-corrected chi connectivity index (χ1v) is 12.7. The lowest BCUT2D eigenvalue weighted by Crippen LogP contribution is -2.36. The predicted octanol–water partition coefficient (Wildman–Crippen LogP) is 4.64. The van der Waals surface area contributed by atoms with E-state index in [0.29, 0.717) is 38.7 Å². The smallest absolute Gasteiger partial charge is 0.267 e. The Labute approximate surface area is 208 Å². The first kappa shape index (κ1) is 22.8. The van der Waals surface area contributed by atoms with Crippen LogP contribution in [0.25, 0.3) is 11.7 Å². The molecule has 34 heavy (non-hydrogen) atoms. The normalized spacial score (nSPS) is 18.5. The highest BCUT2D eigenvalue weighted by Gasteiger charge is 2.33. The third kappa shape index (κ3) is 4.40. The van der Waals surface area contributed by atoms with Crippen molar-refractivity contribution >= 4 is 51.7 Å². The molecule has 2 aromatic heterocycles. The number of piperidine rings is 1. The molecular formula is C26H26N4O2S2. The number of thiocarbonyl (C=S) groups is 1. The lowest BCUT2D eigenvalue weighted by Gasteiger charge is -2.32. The fraction of sp³-hybridized carbons (Fsp3) is 0.308. The van der Waals surface area contributed by atoms with Gasteiger partial charge in [-0.2, -0.15) is 0 Å². The van der Waals surface area contributed by atoms with Gasteiger partial charge < -0.3 is 4.90 Å². The summed E-state index contributed by atoms with van der Waals surface area (Å²) in [5.41, 5.74) is 2.86. The molecule has 4 heterocycles. The molecule has 0 radical (unpaired) electrons. The molecule has 5 rings (SSSR count). The Hall–Kier alpha value is -2.97. The van der Waals surface area contributed by atoms with Crippen LogP contribution in [-0.2, 0) is 11.3 Å². The third-order valence-corrected chi connectivity index (χ3v) is 7.78. The SMILES string of the molecule is Cc1ccc2nc(N3CCC(C)CC3)c(C=C3SC(=S)N(Cc4ccccc4)C3=O)c(=O)n2c1. The van der Waals surface area contributed by atoms with Crippen LogP contribution in [0.4, 0.5) is 5.82 Å². The minimum Gasteiger partial charge on any atom is -0.356 e. The second kappa shape index (κ2) is 9.35. The summed E-state index contributed by atoms with van der Waals surface area (Å²) in [7, 11) is 0. The van der Waals surface area contributed by atoms with Crippen molar-refractivity contribution in [2.24, 2.45) is 5.92 Å². The van der Waals surface area contributed by atoms with Gasteiger partial charge >= 0.3 is 0 Å². The quantitative estimate of drug-likeness (QED) is 0.392. The zero-order chi connectivity index (χ0) is 23.8. The van der Waals surface area contributed by atoms with E-state index in [1.807, 2.05) is 49.4 Å². The van der Waals surface area contributed by atoms with Crippen LogP contribution < -0.4 is 10.5 Å². The van der Waals surface area contributed by atoms with E-state index in [2.05, 4.69) is 11.8 Å². The maximum absolute atomic E-state index is 13.6. The van der Waals surface area contributed by atoms with Crippen LogP contribution in [-0.4, -0.2) is 37.6 Å². The average molecular weight is 491 g/mol. The highest BCUT2D eigenvalue weighted by molar-refractivity contribution is 8.26. The summed E-state index contributed by atoms with van der Waals surface area (Å²) < 4.78 is 2.07. The highest BCUT2D eigenvalue weighted by atomic mass is 32.2. The van der Waals surface area contributed by atoms with Crippen molar-refractivity contribution in [1.29, 1.82) is 0 Å². The van der Waals surface area contributed by atoms with Gasteiger partial charge in [0.25, 0.3) is 11.5 Å². The Balaban J connectivity index is 1.57. The second-order valence-corrected chi connectivity index (χ2v) is 10.7. The fourth-order valence-electron chi connectivity index (χ4n) is 4.37. The van der Waals surface area contributed by atoms with Crippen LogP contribution in [0.5, 0.6) is 0 Å². The second-order valence-electron chi connectivity index (χ2n) is 9.01. The number of hydrogen-bond donors (Lipinski definition) is 0. The molecule has 0 atom stereocenters. The molecule has 0 bridgehead atoms. The fourth-order valence-corrected chi connectivity index (χ4v) is 5.61. The van der Waals surface area contributed by atoms with Gasteiger partial charge in [0.2, 0.25) is 0 Å². The first-order valence-electron chi connectivity index (χ1n) is 11.5. The van der Waals surface area contributed by atoms with Gasteiger partial charge in [0.05, 0.1) is 17.0 Å². The maximum atomic E-state index is 13.6. The van der Waals surface area contributed by atoms with E-state index in [4.69, 9.17) is 17.2 Å². The predicted molar refractivity (Wildman–Crippen MR) is 142 cm³/mol. The Morgan fingerprint density at radius 3 is 2.59 bits per heavy atom. The maximum Gasteiger partial charge on any atom is 0.267 e. The third-order valence-electron chi connectivity index (χ3n) is 6.40. The number of hydrogen-bond acceptors (Lipinski definition) is 6. The molecule has 174 valence electrons. The topological polar surface area (TPSA) is 57.9 Å². The molecule has 3 aromatic rings. The molecule has 0 N–H and O–H groups in total. The van der Waals surface area contributed by atoms with Crippen molar-refractivity contribution < 1.29 is 4.79 Å². The lowest BCUT2D eigenvalue weighted by molar-refractivity contribution is -0.122. The zero-order valence-electron chi connectivity index (χ0n) is 19.2. The van der Waals surface area contributed by atoms with Crippen molar-refractivity contribution in [2.75, 3.05) is 18.0 Å². The van der Waals surface area contributed by atoms with Gasteiger partial charge in [0.15, 0.2) is 0 Å². The van der Waals surface area contributed by atoms with Gasteiger partial charge in [0.1, 0.15) is 15.8 Å². The molecule has 2 saturated heterocycles. The number of pyridine rings is 1. The number of aryl methyl sites for hydroxylation is 1. The van der Waals surface area contributed by atoms with E-state index in [1.165, 1.54) is 11.8 Å². The molecular weight excluding hydrogens is 464 g/mol. The van der Waals surface area contributed by atoms with Crippen LogP contribution in [0, 0.1) is 12.8 Å². The lowest BCUT2D eigenvalue weighted by atomic mass is 9.99. The molecule has 0 aliphatic carbocycles. The number of carbonyl (C=O) groups is 1. The summed E-state index contributed by atoms with van der Waals surface area (Å²) >= 11 is 6.77. The number of nitrogens with zero attached hydrogens (tertiary/aromatic N) is 4. The van der Waals surface area contributed by atoms with Gasteiger partial charge in [-0.15, -0.1) is 0 Å². The molecule has 2 aliphatic heterocycles. The summed E-state index contributed by atoms with van der Waals surface area (Å²) in [4.78, 5) is 36.0. The summed E-state index contributed by atoms with van der Waals surface area (Å²) in [6.45, 7) is 6.28. The zero-order valence-corrected chi connectivity index (χ0v) is 20.9. The minimum atomic E-state index is -0.175. The molecule has 6 nitrogen and oxygen atoms in total. The van der Waals surface area contributed by atoms with Crippen LogP contribution in [0.2, 0.25) is 0 Å². The van der Waals surface area contributed by atoms with Crippen LogP contribution in [0.1, 0.15) is 36.5 Å². The first-order chi connectivity index (χ1) is 16.4. The van der Waals surface area contributed by atoms with Gasteiger partial charge in [-0.25, -0.2) is 4.98 Å². The number of thioether (sulfide) groups is 1. The molecule has 2 aliphatic rings. The van der Waals surface area contributed by atoms with Crippen LogP contribution in [0.15, 0.2) is 58.4 Å². The summed E-state index contributed by atoms with van der Waals surface area (Å²) in [5, 5.41) is 0. The Morgan fingerprint density at radius 2 is 1.85 bits per heavy atom. The van der Waals surface area contributed by atoms with Gasteiger partial charge in [0, 0.05) is 19.3 Å². The van der Waals surface area contributed by atoms with Gasteiger partial charge in [-0.05, 0) is 49.0 Å². The highest BCUT2D eigenvalue weighted by Crippen LogP contribution is 2.35. The number of amides is 1. The summed E-state index contributed by atoms with van der Waals surface area (Å²) in [5.74, 6) is 1.12. The summed E-state index contributed by atoms with van der Waals surface area (Å²) in [6.07, 6.45) is 5.59. The van der Waals surface area contributed by atoms with Crippen molar-refractivity contribution in [3.05, 3.63) is 80.6 Å². The van der Waals surface area contributed by atoms with Gasteiger partial charge in [-0.3, -0.25) is 18.9 Å². The minimum absolute atomic E-state index is 0.171. The Morgan fingerprint density at radius 1 is 1.12 bits per heavy atom. The average Bonchev–Trinajstić information content (AvgIpc) is 3.10. The number of benzene rings is 1. The molecule has 1 aromatic carbocycles. The molecule has 0 spiro atoms. The molecule has 1 amide bonds. The number of aromatic nitrogens is 2. The number of anilines is 1. The van der Waals surface area contributed by atoms with E-state index < -0.39 is 0 Å². The standard InChI is InChI=1S/C26H26N4O2S2/c1-17-10-12-28(13-11-17)23-20(24(31)29-15-18(2)8-9-22(29)27-23)14-21-25(32)30(26(33)34-21)16-19-6-4-3-5-7-19/h3-9,14-15,17H,10-13,16H2,1-2H3. The molecule has 2 fully saturated rings. The van der Waals surface area contributed by atoms with E-state index in [-0.39, 0.29) is 11.5 Å². The van der Waals surface area contributed by atoms with Crippen LogP contribution in [0.3, 0.4) is 0 Å². The van der Waals surface area contributed by atoms with Gasteiger partial charge in [-0.1, -0.05) is 67.3 Å². The van der Waals surface area contributed by atoms with E-state index in [1.54, 1.807) is 21.6 Å². The van der Waals surface area contributed by atoms with E-state index in [0.717, 1.165) is 37.1 Å². The van der Waals surface area contributed by atoms with Crippen molar-refractivity contribution in [1.82, 2.24) is 14.3 Å². The largest absolute Gasteiger partial charge is 0.356 e. The van der Waals surface area contributed by atoms with Crippen molar-refractivity contribution in [2.45, 2.75) is 33.2 Å². The molecule has 0 unspecified atom stereocenters. The van der Waals surface area contributed by atoms with E-state index in [9.17, 15) is 9.59 Å². The van der Waals surface area contributed by atoms with Crippen LogP contribution >= 0.6 is 24.0 Å². The number of rotatable bonds is 4. The molecule has 0 saturated carbocycles. The Kier molecular flexibility index (Phi) is 6.27. The monoisotopic (exact) mass is 490 g/mol. The van der Waals surface area contributed by atoms with Crippen molar-refractivity contribution in [3.63, 3.8) is 0 Å². The van der Waals surface area contributed by atoms with Crippen molar-refractivity contribution in [3.8, 4) is 0 Å². The number of carbonyl (C=O) groups excluding carboxylic acids is 1. The van der Waals surface area contributed by atoms with E-state index >= 15 is 0 Å². The Bertz CT molecular complexity index is 1360. The number of fused-ring (bicyclic) bond motifs is 1.